The SMILES string of the molecule is COC(=O)C(c1ccccc1Cl)N1CCC(SSC[C@H](N)C(=O)O)/C(=C\C(=O)O)C1. The van der Waals surface area contributed by atoms with Gasteiger partial charge in [0.1, 0.15) is 12.1 Å². The van der Waals surface area contributed by atoms with Gasteiger partial charge in [0.25, 0.3) is 0 Å². The summed E-state index contributed by atoms with van der Waals surface area (Å²) in [7, 11) is 3.98. The number of carbonyl (C=O) groups excluding carboxylic acids is 1. The Labute approximate surface area is 187 Å². The normalized spacial score (nSPS) is 20.5. The second-order valence-electron chi connectivity index (χ2n) is 6.58. The van der Waals surface area contributed by atoms with Gasteiger partial charge in [-0.05, 0) is 23.6 Å². The molecule has 1 aliphatic rings. The van der Waals surface area contributed by atoms with Crippen molar-refractivity contribution in [1.29, 1.82) is 0 Å². The highest BCUT2D eigenvalue weighted by molar-refractivity contribution is 8.77. The van der Waals surface area contributed by atoms with Gasteiger partial charge in [-0.1, -0.05) is 51.4 Å². The number of carbonyl (C=O) groups is 3. The molecule has 3 atom stereocenters. The zero-order valence-electron chi connectivity index (χ0n) is 16.2. The van der Waals surface area contributed by atoms with Gasteiger partial charge in [0, 0.05) is 35.2 Å². The average Bonchev–Trinajstić information content (AvgIpc) is 2.70. The molecule has 1 aromatic carbocycles. The number of piperidine rings is 1. The Morgan fingerprint density at radius 1 is 1.37 bits per heavy atom. The Hall–Kier alpha value is -1.72. The van der Waals surface area contributed by atoms with E-state index in [1.54, 1.807) is 24.3 Å². The van der Waals surface area contributed by atoms with Crippen molar-refractivity contribution in [2.24, 2.45) is 5.73 Å². The molecule has 0 aliphatic carbocycles. The molecule has 164 valence electrons. The maximum absolute atomic E-state index is 12.5. The molecular weight excluding hydrogens is 452 g/mol. The molecule has 2 rings (SSSR count). The van der Waals surface area contributed by atoms with Crippen molar-refractivity contribution in [2.75, 3.05) is 26.0 Å². The number of carboxylic acids is 2. The van der Waals surface area contributed by atoms with Crippen LogP contribution in [0.2, 0.25) is 5.02 Å². The number of benzene rings is 1. The van der Waals surface area contributed by atoms with Gasteiger partial charge >= 0.3 is 17.9 Å². The molecule has 0 radical (unpaired) electrons. The van der Waals surface area contributed by atoms with E-state index in [4.69, 9.17) is 27.2 Å². The van der Waals surface area contributed by atoms with E-state index in [-0.39, 0.29) is 17.5 Å². The number of aliphatic carboxylic acids is 2. The van der Waals surface area contributed by atoms with E-state index in [1.807, 2.05) is 4.90 Å². The minimum Gasteiger partial charge on any atom is -0.480 e. The molecule has 0 amide bonds. The topological polar surface area (TPSA) is 130 Å². The average molecular weight is 475 g/mol. The largest absolute Gasteiger partial charge is 0.480 e. The van der Waals surface area contributed by atoms with E-state index in [0.717, 1.165) is 6.08 Å². The quantitative estimate of drug-likeness (QED) is 0.278. The van der Waals surface area contributed by atoms with Crippen LogP contribution in [0.1, 0.15) is 18.0 Å². The van der Waals surface area contributed by atoms with Crippen molar-refractivity contribution in [1.82, 2.24) is 4.90 Å². The number of rotatable bonds is 9. The summed E-state index contributed by atoms with van der Waals surface area (Å²) in [6.45, 7) is 0.742. The first kappa shape index (κ1) is 24.5. The fraction of sp³-hybridized carbons (Fsp3) is 0.421. The molecule has 1 aromatic rings. The monoisotopic (exact) mass is 474 g/mol. The van der Waals surface area contributed by atoms with Crippen molar-refractivity contribution in [2.45, 2.75) is 23.8 Å². The Bertz CT molecular complexity index is 822. The molecule has 2 unspecified atom stereocenters. The molecule has 0 spiro atoms. The number of esters is 1. The third kappa shape index (κ3) is 6.64. The van der Waals surface area contributed by atoms with Gasteiger partial charge in [-0.3, -0.25) is 9.69 Å². The number of likely N-dealkylation sites (tertiary alicyclic amines) is 1. The number of hydrogen-bond donors (Lipinski definition) is 3. The molecule has 11 heteroatoms. The van der Waals surface area contributed by atoms with Gasteiger partial charge in [0.15, 0.2) is 0 Å². The maximum Gasteiger partial charge on any atom is 0.328 e. The Kier molecular flexibility index (Phi) is 9.50. The van der Waals surface area contributed by atoms with E-state index in [9.17, 15) is 19.5 Å². The standard InChI is InChI=1S/C19H23ClN2O6S2/c1-28-19(27)17(12-4-2-3-5-13(12)20)22-7-6-15(11(9-22)8-16(23)24)30-29-10-14(21)18(25)26/h2-5,8,14-15,17H,6-7,9-10,21H2,1H3,(H,23,24)(H,25,26)/b11-8-/t14-,15?,17?/m0/s1. The van der Waals surface area contributed by atoms with E-state index in [2.05, 4.69) is 0 Å². The van der Waals surface area contributed by atoms with Crippen molar-refractivity contribution < 1.29 is 29.3 Å². The number of halogens is 1. The lowest BCUT2D eigenvalue weighted by atomic mass is 9.98. The molecule has 4 N–H and O–H groups in total. The van der Waals surface area contributed by atoms with E-state index >= 15 is 0 Å². The summed E-state index contributed by atoms with van der Waals surface area (Å²) in [6, 6.07) is 5.21. The second-order valence-corrected chi connectivity index (χ2v) is 9.60. The first-order valence-electron chi connectivity index (χ1n) is 9.01. The summed E-state index contributed by atoms with van der Waals surface area (Å²) in [5.41, 5.74) is 6.73. The van der Waals surface area contributed by atoms with Gasteiger partial charge in [0.2, 0.25) is 0 Å². The van der Waals surface area contributed by atoms with Crippen LogP contribution in [-0.2, 0) is 19.1 Å². The molecule has 8 nitrogen and oxygen atoms in total. The molecule has 30 heavy (non-hydrogen) atoms. The van der Waals surface area contributed by atoms with Gasteiger partial charge in [0.05, 0.1) is 7.11 Å². The first-order valence-corrected chi connectivity index (χ1v) is 11.8. The minimum absolute atomic E-state index is 0.145. The smallest absolute Gasteiger partial charge is 0.328 e. The number of nitrogens with two attached hydrogens (primary N) is 1. The third-order valence-electron chi connectivity index (χ3n) is 4.52. The Balaban J connectivity index is 2.20. The lowest BCUT2D eigenvalue weighted by Gasteiger charge is -2.37. The van der Waals surface area contributed by atoms with Gasteiger partial charge in [-0.15, -0.1) is 0 Å². The van der Waals surface area contributed by atoms with E-state index < -0.39 is 30.0 Å². The second kappa shape index (κ2) is 11.6. The molecule has 0 aromatic heterocycles. The number of carboxylic acid groups (broad SMARTS) is 2. The number of ether oxygens (including phenoxy) is 1. The fourth-order valence-corrected chi connectivity index (χ4v) is 6.13. The van der Waals surface area contributed by atoms with Crippen LogP contribution in [0.5, 0.6) is 0 Å². The summed E-state index contributed by atoms with van der Waals surface area (Å²) >= 11 is 6.30. The van der Waals surface area contributed by atoms with Crippen LogP contribution in [0.25, 0.3) is 0 Å². The molecule has 0 saturated carbocycles. The number of hydrogen-bond acceptors (Lipinski definition) is 8. The zero-order valence-corrected chi connectivity index (χ0v) is 18.6. The summed E-state index contributed by atoms with van der Waals surface area (Å²) in [4.78, 5) is 36.6. The zero-order chi connectivity index (χ0) is 22.3. The summed E-state index contributed by atoms with van der Waals surface area (Å²) in [5.74, 6) is -2.45. The Morgan fingerprint density at radius 2 is 2.07 bits per heavy atom. The van der Waals surface area contributed by atoms with Gasteiger partial charge in [-0.2, -0.15) is 0 Å². The van der Waals surface area contributed by atoms with E-state index in [1.165, 1.54) is 28.7 Å². The predicted molar refractivity (Wildman–Crippen MR) is 118 cm³/mol. The van der Waals surface area contributed by atoms with Gasteiger partial charge < -0.3 is 20.7 Å². The Morgan fingerprint density at radius 3 is 2.67 bits per heavy atom. The van der Waals surface area contributed by atoms with Gasteiger partial charge in [-0.25, -0.2) is 9.59 Å². The lowest BCUT2D eigenvalue weighted by molar-refractivity contribution is -0.147. The van der Waals surface area contributed by atoms with Crippen molar-refractivity contribution in [3.63, 3.8) is 0 Å². The fourth-order valence-electron chi connectivity index (χ4n) is 3.06. The highest BCUT2D eigenvalue weighted by Gasteiger charge is 2.35. The van der Waals surface area contributed by atoms with Crippen molar-refractivity contribution in [3.05, 3.63) is 46.5 Å². The number of methoxy groups -OCH3 is 1. The molecule has 1 aliphatic heterocycles. The highest BCUT2D eigenvalue weighted by atomic mass is 35.5. The van der Waals surface area contributed by atoms with Crippen LogP contribution in [0.3, 0.4) is 0 Å². The van der Waals surface area contributed by atoms with E-state index in [0.29, 0.717) is 29.1 Å². The number of nitrogens with zero attached hydrogens (tertiary/aromatic N) is 1. The first-order chi connectivity index (χ1) is 14.2. The molecule has 0 bridgehead atoms. The summed E-state index contributed by atoms with van der Waals surface area (Å²) in [6.07, 6.45) is 1.71. The highest BCUT2D eigenvalue weighted by Crippen LogP contribution is 2.39. The molecular formula is C19H23ClN2O6S2. The van der Waals surface area contributed by atoms with Crippen molar-refractivity contribution in [3.8, 4) is 0 Å². The molecule has 1 saturated heterocycles. The van der Waals surface area contributed by atoms with Crippen LogP contribution in [0.4, 0.5) is 0 Å². The van der Waals surface area contributed by atoms with Crippen LogP contribution in [-0.4, -0.2) is 70.3 Å². The van der Waals surface area contributed by atoms with Crippen LogP contribution in [0, 0.1) is 0 Å². The van der Waals surface area contributed by atoms with Crippen LogP contribution < -0.4 is 5.73 Å². The molecule has 1 fully saturated rings. The summed E-state index contributed by atoms with van der Waals surface area (Å²) < 4.78 is 4.98. The minimum atomic E-state index is -1.09. The maximum atomic E-state index is 12.5. The van der Waals surface area contributed by atoms with Crippen LogP contribution in [0.15, 0.2) is 35.9 Å². The lowest BCUT2D eigenvalue weighted by Crippen LogP contribution is -2.43. The third-order valence-corrected chi connectivity index (χ3v) is 7.78. The predicted octanol–water partition coefficient (Wildman–Crippen LogP) is 2.43. The van der Waals surface area contributed by atoms with Crippen molar-refractivity contribution >= 4 is 51.1 Å². The summed E-state index contributed by atoms with van der Waals surface area (Å²) in [5, 5.41) is 18.5. The van der Waals surface area contributed by atoms with Crippen LogP contribution >= 0.6 is 33.2 Å². The molecule has 1 heterocycles.